The van der Waals surface area contributed by atoms with Gasteiger partial charge in [0.2, 0.25) is 10.0 Å². The Balaban J connectivity index is 1.89. The van der Waals surface area contributed by atoms with Crippen molar-refractivity contribution in [1.29, 1.82) is 0 Å². The molecule has 0 spiro atoms. The molecule has 1 aromatic heterocycles. The van der Waals surface area contributed by atoms with Crippen LogP contribution in [0.1, 0.15) is 0 Å². The Morgan fingerprint density at radius 2 is 2.16 bits per heavy atom. The molecule has 0 aromatic carbocycles. The van der Waals surface area contributed by atoms with Crippen LogP contribution in [0.15, 0.2) is 23.4 Å². The summed E-state index contributed by atoms with van der Waals surface area (Å²) in [5.41, 5.74) is 0. The summed E-state index contributed by atoms with van der Waals surface area (Å²) in [6.45, 7) is 3.13. The van der Waals surface area contributed by atoms with Crippen LogP contribution >= 0.6 is 23.4 Å². The average Bonchev–Trinajstić information content (AvgIpc) is 2.40. The maximum absolute atomic E-state index is 12.0. The van der Waals surface area contributed by atoms with Crippen molar-refractivity contribution in [2.75, 3.05) is 37.7 Å². The first kappa shape index (κ1) is 15.1. The van der Waals surface area contributed by atoms with Crippen LogP contribution in [0.3, 0.4) is 0 Å². The van der Waals surface area contributed by atoms with Crippen molar-refractivity contribution < 1.29 is 8.42 Å². The number of nitrogens with one attached hydrogen (secondary N) is 1. The lowest BCUT2D eigenvalue weighted by Crippen LogP contribution is -2.39. The molecule has 0 atom stereocenters. The number of nitrogens with zero attached hydrogens (tertiary/aromatic N) is 2. The maximum Gasteiger partial charge on any atom is 0.243 e. The molecule has 1 aromatic rings. The molecule has 2 rings (SSSR count). The highest BCUT2D eigenvalue weighted by molar-refractivity contribution is 7.99. The van der Waals surface area contributed by atoms with E-state index in [2.05, 4.69) is 14.6 Å². The van der Waals surface area contributed by atoms with E-state index in [0.29, 0.717) is 6.54 Å². The Bertz CT molecular complexity index is 518. The molecule has 1 fully saturated rings. The third-order valence-corrected chi connectivity index (χ3v) is 5.72. The fraction of sp³-hybridized carbons (Fsp3) is 0.545. The Labute approximate surface area is 122 Å². The van der Waals surface area contributed by atoms with Gasteiger partial charge in [0.05, 0.1) is 5.02 Å². The summed E-state index contributed by atoms with van der Waals surface area (Å²) in [6, 6.07) is 1.47. The lowest BCUT2D eigenvalue weighted by molar-refractivity contribution is 0.307. The number of halogens is 1. The van der Waals surface area contributed by atoms with E-state index in [1.807, 2.05) is 11.8 Å². The molecule has 2 heterocycles. The minimum absolute atomic E-state index is 0.0332. The second-order valence-corrected chi connectivity index (χ2v) is 7.53. The SMILES string of the molecule is O=S(=O)(NCCN1CCSCC1)c1cnccc1Cl. The van der Waals surface area contributed by atoms with E-state index in [4.69, 9.17) is 11.6 Å². The van der Waals surface area contributed by atoms with Gasteiger partial charge >= 0.3 is 0 Å². The highest BCUT2D eigenvalue weighted by Gasteiger charge is 2.18. The number of sulfonamides is 1. The zero-order chi connectivity index (χ0) is 13.7. The van der Waals surface area contributed by atoms with Crippen LogP contribution in [0, 0.1) is 0 Å². The zero-order valence-electron chi connectivity index (χ0n) is 10.4. The first-order valence-electron chi connectivity index (χ1n) is 5.99. The molecule has 0 saturated carbocycles. The van der Waals surface area contributed by atoms with Crippen LogP contribution in [0.4, 0.5) is 0 Å². The van der Waals surface area contributed by atoms with Crippen molar-refractivity contribution in [3.05, 3.63) is 23.5 Å². The van der Waals surface area contributed by atoms with Gasteiger partial charge in [0.1, 0.15) is 4.90 Å². The van der Waals surface area contributed by atoms with E-state index < -0.39 is 10.0 Å². The summed E-state index contributed by atoms with van der Waals surface area (Å²) in [7, 11) is -3.57. The summed E-state index contributed by atoms with van der Waals surface area (Å²) in [5.74, 6) is 2.22. The third-order valence-electron chi connectivity index (χ3n) is 2.85. The molecule has 0 amide bonds. The number of hydrogen-bond donors (Lipinski definition) is 1. The van der Waals surface area contributed by atoms with Gasteiger partial charge in [0, 0.05) is 50.1 Å². The maximum atomic E-state index is 12.0. The van der Waals surface area contributed by atoms with Crippen LogP contribution in [-0.4, -0.2) is 56.0 Å². The van der Waals surface area contributed by atoms with Crippen molar-refractivity contribution in [2.45, 2.75) is 4.90 Å². The summed E-state index contributed by atoms with van der Waals surface area (Å²) < 4.78 is 26.6. The van der Waals surface area contributed by atoms with Crippen LogP contribution in [0.2, 0.25) is 5.02 Å². The quantitative estimate of drug-likeness (QED) is 0.878. The van der Waals surface area contributed by atoms with Gasteiger partial charge in [-0.25, -0.2) is 13.1 Å². The molecule has 19 heavy (non-hydrogen) atoms. The molecule has 0 unspecified atom stereocenters. The van der Waals surface area contributed by atoms with Crippen LogP contribution in [-0.2, 0) is 10.0 Å². The summed E-state index contributed by atoms with van der Waals surface area (Å²) in [6.07, 6.45) is 2.73. The number of rotatable bonds is 5. The molecule has 1 saturated heterocycles. The van der Waals surface area contributed by atoms with Crippen LogP contribution in [0.5, 0.6) is 0 Å². The topological polar surface area (TPSA) is 62.3 Å². The molecule has 1 aliphatic rings. The molecule has 1 N–H and O–H groups in total. The molecule has 0 radical (unpaired) electrons. The second-order valence-electron chi connectivity index (χ2n) is 4.16. The van der Waals surface area contributed by atoms with Gasteiger partial charge in [0.15, 0.2) is 0 Å². The van der Waals surface area contributed by atoms with Crippen molar-refractivity contribution in [1.82, 2.24) is 14.6 Å². The number of aromatic nitrogens is 1. The highest BCUT2D eigenvalue weighted by Crippen LogP contribution is 2.18. The first-order chi connectivity index (χ1) is 9.09. The number of pyridine rings is 1. The number of thioether (sulfide) groups is 1. The van der Waals surface area contributed by atoms with E-state index in [1.165, 1.54) is 18.5 Å². The van der Waals surface area contributed by atoms with E-state index in [9.17, 15) is 8.42 Å². The van der Waals surface area contributed by atoms with Crippen molar-refractivity contribution in [2.24, 2.45) is 0 Å². The lowest BCUT2D eigenvalue weighted by atomic mass is 10.5. The van der Waals surface area contributed by atoms with Crippen molar-refractivity contribution in [3.8, 4) is 0 Å². The van der Waals surface area contributed by atoms with Gasteiger partial charge in [-0.05, 0) is 6.07 Å². The molecular formula is C11H16ClN3O2S2. The molecule has 0 bridgehead atoms. The molecule has 8 heteroatoms. The minimum atomic E-state index is -3.57. The highest BCUT2D eigenvalue weighted by atomic mass is 35.5. The smallest absolute Gasteiger partial charge is 0.243 e. The van der Waals surface area contributed by atoms with Crippen LogP contribution in [0.25, 0.3) is 0 Å². The lowest BCUT2D eigenvalue weighted by Gasteiger charge is -2.25. The van der Waals surface area contributed by atoms with Gasteiger partial charge in [-0.3, -0.25) is 4.98 Å². The van der Waals surface area contributed by atoms with E-state index in [-0.39, 0.29) is 9.92 Å². The molecule has 0 aliphatic carbocycles. The molecule has 106 valence electrons. The predicted octanol–water partition coefficient (Wildman–Crippen LogP) is 1.06. The Hall–Kier alpha value is -0.340. The summed E-state index contributed by atoms with van der Waals surface area (Å²) in [4.78, 5) is 6.08. The van der Waals surface area contributed by atoms with E-state index >= 15 is 0 Å². The minimum Gasteiger partial charge on any atom is -0.300 e. The monoisotopic (exact) mass is 321 g/mol. The third kappa shape index (κ3) is 4.32. The Kier molecular flexibility index (Phi) is 5.47. The fourth-order valence-electron chi connectivity index (χ4n) is 1.80. The standard InChI is InChI=1S/C11H16ClN3O2S2/c12-10-1-2-13-9-11(10)19(16,17)14-3-4-15-5-7-18-8-6-15/h1-2,9,14H,3-8H2. The Morgan fingerprint density at radius 3 is 2.84 bits per heavy atom. The molecule has 5 nitrogen and oxygen atoms in total. The van der Waals surface area contributed by atoms with Gasteiger partial charge in [-0.2, -0.15) is 11.8 Å². The van der Waals surface area contributed by atoms with Crippen LogP contribution < -0.4 is 4.72 Å². The van der Waals surface area contributed by atoms with Gasteiger partial charge < -0.3 is 4.90 Å². The van der Waals surface area contributed by atoms with E-state index in [1.54, 1.807) is 0 Å². The zero-order valence-corrected chi connectivity index (χ0v) is 12.8. The molecular weight excluding hydrogens is 306 g/mol. The summed E-state index contributed by atoms with van der Waals surface area (Å²) in [5, 5.41) is 0.192. The van der Waals surface area contributed by atoms with Crippen molar-refractivity contribution >= 4 is 33.4 Å². The Morgan fingerprint density at radius 1 is 1.42 bits per heavy atom. The second kappa shape index (κ2) is 6.90. The average molecular weight is 322 g/mol. The van der Waals surface area contributed by atoms with Gasteiger partial charge in [-0.15, -0.1) is 0 Å². The van der Waals surface area contributed by atoms with Crippen molar-refractivity contribution in [3.63, 3.8) is 0 Å². The van der Waals surface area contributed by atoms with Gasteiger partial charge in [0.25, 0.3) is 0 Å². The van der Waals surface area contributed by atoms with Gasteiger partial charge in [-0.1, -0.05) is 11.6 Å². The molecule has 1 aliphatic heterocycles. The van der Waals surface area contributed by atoms with E-state index in [0.717, 1.165) is 31.1 Å². The number of hydrogen-bond acceptors (Lipinski definition) is 5. The first-order valence-corrected chi connectivity index (χ1v) is 9.00. The summed E-state index contributed by atoms with van der Waals surface area (Å²) >= 11 is 7.79. The largest absolute Gasteiger partial charge is 0.300 e. The normalized spacial score (nSPS) is 17.5. The predicted molar refractivity (Wildman–Crippen MR) is 78.2 cm³/mol. The fourth-order valence-corrected chi connectivity index (χ4v) is 4.23.